The third-order valence-electron chi connectivity index (χ3n) is 2.75. The van der Waals surface area contributed by atoms with Crippen LogP contribution in [0.4, 0.5) is 0 Å². The first kappa shape index (κ1) is 14.8. The minimum absolute atomic E-state index is 0.344. The Kier molecular flexibility index (Phi) is 4.62. The van der Waals surface area contributed by atoms with Gasteiger partial charge >= 0.3 is 0 Å². The summed E-state index contributed by atoms with van der Waals surface area (Å²) in [5, 5.41) is 0. The Labute approximate surface area is 131 Å². The standard InChI is InChI=1S/C15H14BrNO2S/c1-9-3-6-13(14(7-9)18-2)19-10-4-5-11(15(17)20)12(16)8-10/h3-8H,1-2H3,(H2,17,20). The molecule has 0 aliphatic heterocycles. The number of aryl methyl sites for hydroxylation is 1. The van der Waals surface area contributed by atoms with Crippen LogP contribution in [0.2, 0.25) is 0 Å². The number of thiocarbonyl (C=S) groups is 1. The molecule has 2 N–H and O–H groups in total. The van der Waals surface area contributed by atoms with E-state index in [4.69, 9.17) is 27.4 Å². The normalized spacial score (nSPS) is 10.2. The molecule has 3 nitrogen and oxygen atoms in total. The van der Waals surface area contributed by atoms with E-state index >= 15 is 0 Å². The lowest BCUT2D eigenvalue weighted by Crippen LogP contribution is -2.09. The van der Waals surface area contributed by atoms with Crippen LogP contribution < -0.4 is 15.2 Å². The summed E-state index contributed by atoms with van der Waals surface area (Å²) in [6.07, 6.45) is 0. The van der Waals surface area contributed by atoms with Gasteiger partial charge in [-0.2, -0.15) is 0 Å². The molecule has 2 aromatic carbocycles. The van der Waals surface area contributed by atoms with E-state index in [9.17, 15) is 0 Å². The van der Waals surface area contributed by atoms with Crippen molar-refractivity contribution in [3.8, 4) is 17.2 Å². The van der Waals surface area contributed by atoms with Crippen molar-refractivity contribution < 1.29 is 9.47 Å². The third-order valence-corrected chi connectivity index (χ3v) is 3.63. The number of halogens is 1. The molecule has 5 heteroatoms. The van der Waals surface area contributed by atoms with Crippen LogP contribution in [0.25, 0.3) is 0 Å². The lowest BCUT2D eigenvalue weighted by atomic mass is 10.2. The molecule has 20 heavy (non-hydrogen) atoms. The first-order chi connectivity index (χ1) is 9.51. The lowest BCUT2D eigenvalue weighted by molar-refractivity contribution is 0.378. The Morgan fingerprint density at radius 2 is 1.90 bits per heavy atom. The largest absolute Gasteiger partial charge is 0.493 e. The van der Waals surface area contributed by atoms with E-state index in [0.717, 1.165) is 15.6 Å². The predicted octanol–water partition coefficient (Wildman–Crippen LogP) is 4.19. The molecule has 0 saturated heterocycles. The van der Waals surface area contributed by atoms with Crippen LogP contribution in [-0.4, -0.2) is 12.1 Å². The molecule has 0 saturated carbocycles. The number of hydrogen-bond donors (Lipinski definition) is 1. The van der Waals surface area contributed by atoms with Crippen molar-refractivity contribution >= 4 is 33.1 Å². The summed E-state index contributed by atoms with van der Waals surface area (Å²) in [6.45, 7) is 2.00. The van der Waals surface area contributed by atoms with Gasteiger partial charge in [0.25, 0.3) is 0 Å². The summed E-state index contributed by atoms with van der Waals surface area (Å²) in [5.41, 5.74) is 7.51. The topological polar surface area (TPSA) is 44.5 Å². The van der Waals surface area contributed by atoms with Crippen molar-refractivity contribution in [1.29, 1.82) is 0 Å². The molecule has 0 bridgehead atoms. The fraction of sp³-hybridized carbons (Fsp3) is 0.133. The third kappa shape index (κ3) is 3.29. The Hall–Kier alpha value is -1.59. The predicted molar refractivity (Wildman–Crippen MR) is 87.8 cm³/mol. The van der Waals surface area contributed by atoms with Gasteiger partial charge in [-0.25, -0.2) is 0 Å². The van der Waals surface area contributed by atoms with E-state index in [2.05, 4.69) is 15.9 Å². The van der Waals surface area contributed by atoms with Crippen molar-refractivity contribution in [2.24, 2.45) is 5.73 Å². The van der Waals surface area contributed by atoms with Crippen molar-refractivity contribution in [2.45, 2.75) is 6.92 Å². The molecule has 2 aromatic rings. The number of methoxy groups -OCH3 is 1. The van der Waals surface area contributed by atoms with Gasteiger partial charge in [0.2, 0.25) is 0 Å². The van der Waals surface area contributed by atoms with Gasteiger partial charge in [0.05, 0.1) is 7.11 Å². The highest BCUT2D eigenvalue weighted by molar-refractivity contribution is 9.10. The Bertz CT molecular complexity index is 658. The fourth-order valence-corrected chi connectivity index (χ4v) is 2.63. The molecule has 2 rings (SSSR count). The molecule has 0 unspecified atom stereocenters. The van der Waals surface area contributed by atoms with Gasteiger partial charge in [0.15, 0.2) is 11.5 Å². The minimum atomic E-state index is 0.344. The highest BCUT2D eigenvalue weighted by Crippen LogP contribution is 2.33. The van der Waals surface area contributed by atoms with Gasteiger partial charge in [0.1, 0.15) is 10.7 Å². The van der Waals surface area contributed by atoms with Crippen LogP contribution in [0.5, 0.6) is 17.2 Å². The zero-order valence-corrected chi connectivity index (χ0v) is 13.5. The van der Waals surface area contributed by atoms with Crippen molar-refractivity contribution in [3.05, 3.63) is 52.0 Å². The van der Waals surface area contributed by atoms with Gasteiger partial charge in [-0.1, -0.05) is 18.3 Å². The van der Waals surface area contributed by atoms with E-state index in [0.29, 0.717) is 22.2 Å². The maximum Gasteiger partial charge on any atom is 0.169 e. The zero-order chi connectivity index (χ0) is 14.7. The van der Waals surface area contributed by atoms with Crippen LogP contribution in [0.3, 0.4) is 0 Å². The maximum atomic E-state index is 5.83. The molecule has 0 radical (unpaired) electrons. The van der Waals surface area contributed by atoms with E-state index < -0.39 is 0 Å². The quantitative estimate of drug-likeness (QED) is 0.838. The summed E-state index contributed by atoms with van der Waals surface area (Å²) >= 11 is 8.39. The van der Waals surface area contributed by atoms with E-state index in [-0.39, 0.29) is 0 Å². The summed E-state index contributed by atoms with van der Waals surface area (Å²) < 4.78 is 11.9. The summed E-state index contributed by atoms with van der Waals surface area (Å²) in [5.74, 6) is 2.03. The molecule has 0 amide bonds. The Morgan fingerprint density at radius 3 is 2.50 bits per heavy atom. The van der Waals surface area contributed by atoms with Gasteiger partial charge in [0, 0.05) is 10.0 Å². The van der Waals surface area contributed by atoms with Gasteiger partial charge in [-0.3, -0.25) is 0 Å². The van der Waals surface area contributed by atoms with E-state index in [1.807, 2.05) is 43.3 Å². The Balaban J connectivity index is 2.31. The molecular formula is C15H14BrNO2S. The summed E-state index contributed by atoms with van der Waals surface area (Å²) in [6, 6.07) is 11.2. The molecule has 0 aliphatic carbocycles. The molecule has 0 atom stereocenters. The SMILES string of the molecule is COc1cc(C)ccc1Oc1ccc(C(N)=S)c(Br)c1. The second kappa shape index (κ2) is 6.24. The highest BCUT2D eigenvalue weighted by Gasteiger charge is 2.08. The van der Waals surface area contributed by atoms with Crippen molar-refractivity contribution in [1.82, 2.24) is 0 Å². The van der Waals surface area contributed by atoms with Crippen LogP contribution in [0.1, 0.15) is 11.1 Å². The van der Waals surface area contributed by atoms with Gasteiger partial charge in [-0.05, 0) is 58.7 Å². The number of rotatable bonds is 4. The van der Waals surface area contributed by atoms with E-state index in [1.165, 1.54) is 0 Å². The van der Waals surface area contributed by atoms with Crippen LogP contribution >= 0.6 is 28.1 Å². The number of benzene rings is 2. The molecule has 0 aliphatic rings. The van der Waals surface area contributed by atoms with Crippen LogP contribution in [0, 0.1) is 6.92 Å². The maximum absolute atomic E-state index is 5.83. The van der Waals surface area contributed by atoms with Crippen molar-refractivity contribution in [2.75, 3.05) is 7.11 Å². The van der Waals surface area contributed by atoms with Gasteiger partial charge in [-0.15, -0.1) is 0 Å². The molecule has 0 fully saturated rings. The van der Waals surface area contributed by atoms with Crippen LogP contribution in [-0.2, 0) is 0 Å². The molecular weight excluding hydrogens is 338 g/mol. The molecule has 0 spiro atoms. The molecule has 104 valence electrons. The number of hydrogen-bond acceptors (Lipinski definition) is 3. The second-order valence-corrected chi connectivity index (χ2v) is 5.56. The summed E-state index contributed by atoms with van der Waals surface area (Å²) in [7, 11) is 1.62. The summed E-state index contributed by atoms with van der Waals surface area (Å²) in [4.78, 5) is 0.344. The smallest absolute Gasteiger partial charge is 0.169 e. The first-order valence-corrected chi connectivity index (χ1v) is 7.13. The van der Waals surface area contributed by atoms with E-state index in [1.54, 1.807) is 7.11 Å². The number of nitrogens with two attached hydrogens (primary N) is 1. The van der Waals surface area contributed by atoms with Gasteiger partial charge < -0.3 is 15.2 Å². The van der Waals surface area contributed by atoms with Crippen LogP contribution in [0.15, 0.2) is 40.9 Å². The number of ether oxygens (including phenoxy) is 2. The first-order valence-electron chi connectivity index (χ1n) is 5.93. The lowest BCUT2D eigenvalue weighted by Gasteiger charge is -2.12. The molecule has 0 heterocycles. The monoisotopic (exact) mass is 351 g/mol. The fourth-order valence-electron chi connectivity index (χ4n) is 1.75. The average molecular weight is 352 g/mol. The second-order valence-electron chi connectivity index (χ2n) is 4.26. The average Bonchev–Trinajstić information content (AvgIpc) is 2.40. The highest BCUT2D eigenvalue weighted by atomic mass is 79.9. The van der Waals surface area contributed by atoms with Crippen molar-refractivity contribution in [3.63, 3.8) is 0 Å². The zero-order valence-electron chi connectivity index (χ0n) is 11.1. The molecule has 0 aromatic heterocycles. The Morgan fingerprint density at radius 1 is 1.15 bits per heavy atom. The minimum Gasteiger partial charge on any atom is -0.493 e.